The lowest BCUT2D eigenvalue weighted by atomic mass is 10.1. The number of urea groups is 3. The Labute approximate surface area is 666 Å². The van der Waals surface area contributed by atoms with E-state index in [4.69, 9.17) is 30.0 Å². The van der Waals surface area contributed by atoms with Crippen molar-refractivity contribution >= 4 is 117 Å². The fourth-order valence-corrected chi connectivity index (χ4v) is 15.4. The molecular formula is C81H114ClN13O14S3. The van der Waals surface area contributed by atoms with Gasteiger partial charge in [-0.3, -0.25) is 10.9 Å². The molecule has 6 aromatic carbocycles. The normalized spacial score (nSPS) is 11.4. The summed E-state index contributed by atoms with van der Waals surface area (Å²) in [6.07, 6.45) is 27.3. The van der Waals surface area contributed by atoms with Crippen LogP contribution in [0.25, 0.3) is 22.1 Å². The van der Waals surface area contributed by atoms with E-state index in [-0.39, 0.29) is 11.4 Å². The molecule has 0 radical (unpaired) electrons. The van der Waals surface area contributed by atoms with Crippen LogP contribution < -0.4 is 57.8 Å². The maximum absolute atomic E-state index is 12.8. The molecule has 27 nitrogen and oxygen atoms in total. The van der Waals surface area contributed by atoms with Crippen molar-refractivity contribution < 1.29 is 63.4 Å². The highest BCUT2D eigenvalue weighted by Crippen LogP contribution is 2.35. The summed E-state index contributed by atoms with van der Waals surface area (Å²) in [4.78, 5) is 62.1. The molecule has 612 valence electrons. The van der Waals surface area contributed by atoms with Crippen LogP contribution in [0.5, 0.6) is 11.5 Å². The van der Waals surface area contributed by atoms with E-state index >= 15 is 0 Å². The number of halogens is 1. The number of hydrogen-bond donors (Lipinski definition) is 7. The second-order valence-corrected chi connectivity index (χ2v) is 32.3. The van der Waals surface area contributed by atoms with Gasteiger partial charge in [0.2, 0.25) is 22.3 Å². The number of nitrogens with one attached hydrogen (secondary N) is 7. The lowest BCUT2D eigenvalue weighted by molar-refractivity contribution is 0.0488. The van der Waals surface area contributed by atoms with Crippen LogP contribution in [0, 0.1) is 13.8 Å². The summed E-state index contributed by atoms with van der Waals surface area (Å²) in [5, 5.41) is 17.2. The molecule has 112 heavy (non-hydrogen) atoms. The predicted molar refractivity (Wildman–Crippen MR) is 446 cm³/mol. The number of anilines is 4. The van der Waals surface area contributed by atoms with Crippen LogP contribution in [0.4, 0.5) is 37.1 Å². The van der Waals surface area contributed by atoms with Crippen molar-refractivity contribution in [2.45, 2.75) is 220 Å². The summed E-state index contributed by atoms with van der Waals surface area (Å²) in [6, 6.07) is 31.3. The number of imidazole rings is 2. The summed E-state index contributed by atoms with van der Waals surface area (Å²) in [5.41, 5.74) is 19.0. The number of benzene rings is 6. The van der Waals surface area contributed by atoms with Crippen molar-refractivity contribution in [3.8, 4) is 11.5 Å². The molecule has 2 heterocycles. The van der Waals surface area contributed by atoms with Gasteiger partial charge in [-0.25, -0.2) is 55.9 Å². The first-order valence-corrected chi connectivity index (χ1v) is 44.3. The molecular weight excluding hydrogens is 1510 g/mol. The molecule has 8 rings (SSSR count). The minimum absolute atomic E-state index is 0.0980. The standard InChI is InChI=1S/C32H47N5O4.C31H44ClN5O3.C18H23N3O7S3/c1-5-8-9-10-11-12-13-14-15-18-23-41-30(38)25-21-22-29(40-4)26(24-25)33-31(39)34-35-32-36(6-2)27-19-16-17-20-28(27)37(32)7-3;1-4-7-8-9-10-11-12-13-14-17-22-40-29(38)24-20-21-25(32)26(23-24)33-30(39)34-35-31-36(5-2)27-18-15-16-19-28(27)37(31)6-3;1-11-6-7-12(2)13(8-11)19-18(22)21-20-14-9-16(30(4,24)25)17(31(5,26)27)10-15(14)28-29(3)23/h16-17,19-22,24H,5-15,18,23H2,1-4H3,(H2,33,34,39);15-16,18-21,23H,4-14,17,22H2,1-3H3,(H2,33,34,39);6-10,20H,1-5H3,(H2,19,21,22). The highest BCUT2D eigenvalue weighted by molar-refractivity contribution is 7.93. The molecule has 0 spiro atoms. The number of fused-ring (bicyclic) bond motifs is 2. The van der Waals surface area contributed by atoms with Crippen molar-refractivity contribution in [2.24, 2.45) is 10.2 Å². The molecule has 0 fully saturated rings. The van der Waals surface area contributed by atoms with Crippen LogP contribution >= 0.6 is 11.6 Å². The van der Waals surface area contributed by atoms with Crippen LogP contribution in [-0.4, -0.2) is 108 Å². The SMILES string of the molecule is CCCCCCCCCCCCOC(=O)c1ccc(Cl)c(NC(=O)NN=c2n(CC)c3ccccc3n2CC)c1.CCCCCCCCCCCCOC(=O)c1ccc(OC)c(NC(=O)NN=c2n(CC)c3ccccc3n2CC)c1.Cc1ccc(C)c(NC(=O)NNc2cc(S(C)(=O)=O)c(S(C)(=O)=O)cc2OS(C)=O)c1. The number of unbranched alkanes of at least 4 members (excludes halogenated alkanes) is 18. The number of carbonyl (C=O) groups is 5. The lowest BCUT2D eigenvalue weighted by Gasteiger charge is -2.17. The van der Waals surface area contributed by atoms with Crippen LogP contribution in [0.15, 0.2) is 135 Å². The van der Waals surface area contributed by atoms with Gasteiger partial charge < -0.3 is 52.6 Å². The fraction of sp³-hybridized carbons (Fsp3) is 0.469. The van der Waals surface area contributed by atoms with Gasteiger partial charge in [-0.1, -0.05) is 177 Å². The van der Waals surface area contributed by atoms with Crippen molar-refractivity contribution in [1.82, 2.24) is 34.5 Å². The average molecular weight is 1630 g/mol. The molecule has 8 aromatic rings. The van der Waals surface area contributed by atoms with Gasteiger partial charge >= 0.3 is 30.0 Å². The summed E-state index contributed by atoms with van der Waals surface area (Å²) >= 11 is 4.45. The number of para-hydroxylation sites is 4. The van der Waals surface area contributed by atoms with Crippen molar-refractivity contribution in [3.05, 3.63) is 154 Å². The number of hydrogen-bond acceptors (Lipinski definition) is 17. The number of methoxy groups -OCH3 is 1. The molecule has 1 unspecified atom stereocenters. The van der Waals surface area contributed by atoms with Gasteiger partial charge in [0.1, 0.15) is 5.75 Å². The van der Waals surface area contributed by atoms with Crippen LogP contribution in [-0.2, 0) is 66.4 Å². The topological polar surface area (TPSA) is 336 Å². The van der Waals surface area contributed by atoms with Gasteiger partial charge in [-0.05, 0) is 138 Å². The third kappa shape index (κ3) is 28.5. The van der Waals surface area contributed by atoms with Crippen molar-refractivity contribution in [2.75, 3.05) is 60.5 Å². The first kappa shape index (κ1) is 91.2. The predicted octanol–water partition coefficient (Wildman–Crippen LogP) is 17.0. The number of aromatic nitrogens is 4. The number of amides is 6. The van der Waals surface area contributed by atoms with Gasteiger partial charge in [-0.15, -0.1) is 10.2 Å². The number of aryl methyl sites for hydroxylation is 6. The number of sulfone groups is 2. The minimum atomic E-state index is -3.96. The van der Waals surface area contributed by atoms with E-state index < -0.39 is 70.6 Å². The van der Waals surface area contributed by atoms with E-state index in [2.05, 4.69) is 61.7 Å². The molecule has 2 aromatic heterocycles. The number of ether oxygens (including phenoxy) is 3. The minimum Gasteiger partial charge on any atom is -0.495 e. The number of nitrogens with zero attached hydrogens (tertiary/aromatic N) is 6. The van der Waals surface area contributed by atoms with Crippen LogP contribution in [0.2, 0.25) is 5.02 Å². The van der Waals surface area contributed by atoms with E-state index in [0.717, 1.165) is 89.9 Å². The highest BCUT2D eigenvalue weighted by Gasteiger charge is 2.26. The molecule has 0 saturated carbocycles. The largest absolute Gasteiger partial charge is 0.495 e. The van der Waals surface area contributed by atoms with Gasteiger partial charge in [0.05, 0.1) is 85.4 Å². The van der Waals surface area contributed by atoms with Crippen molar-refractivity contribution in [1.29, 1.82) is 0 Å². The van der Waals surface area contributed by atoms with E-state index in [1.807, 2.05) is 120 Å². The number of esters is 2. The van der Waals surface area contributed by atoms with Crippen LogP contribution in [0.1, 0.15) is 202 Å². The van der Waals surface area contributed by atoms with Crippen LogP contribution in [0.3, 0.4) is 0 Å². The lowest BCUT2D eigenvalue weighted by Crippen LogP contribution is -2.34. The number of hydrazine groups is 1. The summed E-state index contributed by atoms with van der Waals surface area (Å²) in [6.45, 7) is 19.9. The highest BCUT2D eigenvalue weighted by atomic mass is 35.5. The van der Waals surface area contributed by atoms with E-state index in [0.29, 0.717) is 89.6 Å². The first-order valence-electron chi connectivity index (χ1n) is 38.6. The smallest absolute Gasteiger partial charge is 0.339 e. The summed E-state index contributed by atoms with van der Waals surface area (Å²) < 4.78 is 89.6. The molecule has 1 atom stereocenters. The molecule has 0 bridgehead atoms. The number of rotatable bonds is 40. The van der Waals surface area contributed by atoms with E-state index in [1.165, 1.54) is 116 Å². The van der Waals surface area contributed by atoms with E-state index in [9.17, 15) is 45.0 Å². The Kier molecular flexibility index (Phi) is 38.3. The zero-order chi connectivity index (χ0) is 81.8. The third-order valence-electron chi connectivity index (χ3n) is 18.3. The summed E-state index contributed by atoms with van der Waals surface area (Å²) in [7, 11) is -6.41. The zero-order valence-electron chi connectivity index (χ0n) is 66.9. The van der Waals surface area contributed by atoms with E-state index in [1.54, 1.807) is 36.4 Å². The zero-order valence-corrected chi connectivity index (χ0v) is 70.1. The molecule has 0 aliphatic carbocycles. The third-order valence-corrected chi connectivity index (χ3v) is 21.4. The fourth-order valence-electron chi connectivity index (χ4n) is 12.5. The average Bonchev–Trinajstić information content (AvgIpc) is 1.74. The quantitative estimate of drug-likeness (QED) is 0.0107. The Hall–Kier alpha value is -9.65. The van der Waals surface area contributed by atoms with Gasteiger partial charge in [-0.2, -0.15) is 0 Å². The molecule has 6 amide bonds. The second kappa shape index (κ2) is 47.0. The first-order chi connectivity index (χ1) is 53.7. The molecule has 0 aliphatic heterocycles. The molecule has 31 heteroatoms. The van der Waals surface area contributed by atoms with Gasteiger partial charge in [0.25, 0.3) is 0 Å². The maximum atomic E-state index is 12.8. The Morgan fingerprint density at radius 1 is 0.455 bits per heavy atom. The molecule has 7 N–H and O–H groups in total. The van der Waals surface area contributed by atoms with Gasteiger partial charge in [0.15, 0.2) is 25.4 Å². The Morgan fingerprint density at radius 3 is 1.26 bits per heavy atom. The summed E-state index contributed by atoms with van der Waals surface area (Å²) in [5.74, 6) is -0.649. The second-order valence-electron chi connectivity index (χ2n) is 27.0. The Morgan fingerprint density at radius 2 is 0.848 bits per heavy atom. The van der Waals surface area contributed by atoms with Gasteiger partial charge in [0, 0.05) is 56.7 Å². The molecule has 0 saturated heterocycles. The monoisotopic (exact) mass is 1620 g/mol. The Bertz CT molecular complexity index is 4770. The number of carbonyl (C=O) groups excluding carboxylic acids is 5. The van der Waals surface area contributed by atoms with Crippen molar-refractivity contribution in [3.63, 3.8) is 0 Å². The Balaban J connectivity index is 0.000000265. The maximum Gasteiger partial charge on any atom is 0.339 e. The molecule has 0 aliphatic rings.